The van der Waals surface area contributed by atoms with Gasteiger partial charge in [0.2, 0.25) is 0 Å². The minimum Gasteiger partial charge on any atom is -0.264 e. The summed E-state index contributed by atoms with van der Waals surface area (Å²) in [7, 11) is 0. The topological polar surface area (TPSA) is 38.7 Å². The van der Waals surface area contributed by atoms with Crippen LogP contribution in [0.3, 0.4) is 0 Å². The zero-order chi connectivity index (χ0) is 33.0. The molecule has 8 aromatic rings. The standard InChI is InChI=1S/C46H33N3/c1-46(2)40-19-9-18-38(44(40)39-26-35-13-6-7-14-36(35)27-41(39)46)43-28-42(48-45(49-43)32-11-4-3-5-12-32)31-22-20-30(21-23-31)33-15-8-16-34(25-33)37-17-10-24-47-29-37/h3-29H,1-2H3. The van der Waals surface area contributed by atoms with Crippen molar-refractivity contribution >= 4 is 10.8 Å². The lowest BCUT2D eigenvalue weighted by atomic mass is 9.81. The largest absolute Gasteiger partial charge is 0.264 e. The fraction of sp³-hybridized carbons (Fsp3) is 0.0652. The SMILES string of the molecule is CC1(C)c2cc3ccccc3cc2-c2c(-c3cc(-c4ccc(-c5cccc(-c6cccnc6)c5)cc4)nc(-c4ccccc4)n3)cccc21. The first kappa shape index (κ1) is 29.0. The Bertz CT molecular complexity index is 2500. The van der Waals surface area contributed by atoms with Crippen molar-refractivity contribution in [3.05, 3.63) is 175 Å². The second-order valence-electron chi connectivity index (χ2n) is 13.3. The number of pyridine rings is 1. The monoisotopic (exact) mass is 627 g/mol. The van der Waals surface area contributed by atoms with E-state index in [4.69, 9.17) is 9.97 Å². The predicted octanol–water partition coefficient (Wildman–Crippen LogP) is 11.7. The van der Waals surface area contributed by atoms with E-state index in [9.17, 15) is 0 Å². The minimum absolute atomic E-state index is 0.132. The van der Waals surface area contributed by atoms with E-state index < -0.39 is 0 Å². The third kappa shape index (κ3) is 5.03. The van der Waals surface area contributed by atoms with Crippen molar-refractivity contribution in [1.29, 1.82) is 0 Å². The first-order valence-corrected chi connectivity index (χ1v) is 16.8. The summed E-state index contributed by atoms with van der Waals surface area (Å²) in [6.45, 7) is 4.68. The van der Waals surface area contributed by atoms with Crippen LogP contribution in [0.1, 0.15) is 25.0 Å². The minimum atomic E-state index is -0.132. The maximum absolute atomic E-state index is 5.25. The first-order chi connectivity index (χ1) is 24.0. The van der Waals surface area contributed by atoms with E-state index in [1.807, 2.05) is 30.5 Å². The van der Waals surface area contributed by atoms with Gasteiger partial charge in [-0.15, -0.1) is 0 Å². The molecule has 0 bridgehead atoms. The van der Waals surface area contributed by atoms with Gasteiger partial charge in [0.25, 0.3) is 0 Å². The Kier molecular flexibility index (Phi) is 6.80. The molecular weight excluding hydrogens is 595 g/mol. The van der Waals surface area contributed by atoms with Crippen molar-refractivity contribution in [2.24, 2.45) is 0 Å². The predicted molar refractivity (Wildman–Crippen MR) is 202 cm³/mol. The summed E-state index contributed by atoms with van der Waals surface area (Å²) in [6.07, 6.45) is 3.71. The molecule has 3 nitrogen and oxygen atoms in total. The zero-order valence-electron chi connectivity index (χ0n) is 27.4. The van der Waals surface area contributed by atoms with Gasteiger partial charge in [0.05, 0.1) is 11.4 Å². The van der Waals surface area contributed by atoms with Crippen molar-refractivity contribution in [3.8, 4) is 67.3 Å². The van der Waals surface area contributed by atoms with Gasteiger partial charge >= 0.3 is 0 Å². The zero-order valence-corrected chi connectivity index (χ0v) is 27.4. The van der Waals surface area contributed by atoms with Gasteiger partial charge in [-0.3, -0.25) is 4.98 Å². The third-order valence-electron chi connectivity index (χ3n) is 9.97. The van der Waals surface area contributed by atoms with Gasteiger partial charge in [-0.25, -0.2) is 9.97 Å². The molecule has 49 heavy (non-hydrogen) atoms. The van der Waals surface area contributed by atoms with Crippen molar-refractivity contribution < 1.29 is 0 Å². The summed E-state index contributed by atoms with van der Waals surface area (Å²) in [6, 6.07) is 53.9. The highest BCUT2D eigenvalue weighted by atomic mass is 14.9. The van der Waals surface area contributed by atoms with Gasteiger partial charge in [-0.2, -0.15) is 0 Å². The highest BCUT2D eigenvalue weighted by Crippen LogP contribution is 2.53. The number of nitrogens with zero attached hydrogens (tertiary/aromatic N) is 3. The van der Waals surface area contributed by atoms with Crippen LogP contribution in [0.15, 0.2) is 164 Å². The molecule has 0 spiro atoms. The van der Waals surface area contributed by atoms with E-state index in [-0.39, 0.29) is 5.41 Å². The molecule has 1 aliphatic carbocycles. The van der Waals surface area contributed by atoms with Gasteiger partial charge in [0.15, 0.2) is 5.82 Å². The van der Waals surface area contributed by atoms with Crippen LogP contribution in [0.4, 0.5) is 0 Å². The molecule has 232 valence electrons. The number of hydrogen-bond acceptors (Lipinski definition) is 3. The van der Waals surface area contributed by atoms with E-state index >= 15 is 0 Å². The van der Waals surface area contributed by atoms with Crippen molar-refractivity contribution in [2.75, 3.05) is 0 Å². The lowest BCUT2D eigenvalue weighted by Gasteiger charge is -2.22. The highest BCUT2D eigenvalue weighted by Gasteiger charge is 2.37. The molecule has 0 saturated carbocycles. The van der Waals surface area contributed by atoms with Crippen molar-refractivity contribution in [3.63, 3.8) is 0 Å². The van der Waals surface area contributed by atoms with Crippen molar-refractivity contribution in [1.82, 2.24) is 15.0 Å². The molecule has 6 aromatic carbocycles. The molecule has 0 N–H and O–H groups in total. The average molecular weight is 628 g/mol. The Morgan fingerprint density at radius 2 is 1.08 bits per heavy atom. The van der Waals surface area contributed by atoms with E-state index in [2.05, 4.69) is 146 Å². The summed E-state index contributed by atoms with van der Waals surface area (Å²) < 4.78 is 0. The number of benzene rings is 6. The molecule has 0 aliphatic heterocycles. The van der Waals surface area contributed by atoms with Gasteiger partial charge in [-0.05, 0) is 80.0 Å². The summed E-state index contributed by atoms with van der Waals surface area (Å²) in [4.78, 5) is 14.7. The van der Waals surface area contributed by atoms with Gasteiger partial charge in [-0.1, -0.05) is 135 Å². The normalized spacial score (nSPS) is 12.9. The fourth-order valence-electron chi connectivity index (χ4n) is 7.38. The van der Waals surface area contributed by atoms with Gasteiger partial charge in [0.1, 0.15) is 0 Å². The van der Waals surface area contributed by atoms with Crippen LogP contribution in [0.5, 0.6) is 0 Å². The molecule has 2 heterocycles. The molecule has 0 amide bonds. The Hall–Kier alpha value is -6.19. The number of aromatic nitrogens is 3. The fourth-order valence-corrected chi connectivity index (χ4v) is 7.38. The van der Waals surface area contributed by atoms with Crippen LogP contribution < -0.4 is 0 Å². The molecule has 0 atom stereocenters. The quantitative estimate of drug-likeness (QED) is 0.191. The number of fused-ring (bicyclic) bond motifs is 4. The Morgan fingerprint density at radius 3 is 1.86 bits per heavy atom. The average Bonchev–Trinajstić information content (AvgIpc) is 3.39. The Morgan fingerprint density at radius 1 is 0.429 bits per heavy atom. The van der Waals surface area contributed by atoms with E-state index in [1.54, 1.807) is 6.20 Å². The first-order valence-electron chi connectivity index (χ1n) is 16.8. The van der Waals surface area contributed by atoms with Gasteiger partial charge in [0, 0.05) is 40.1 Å². The maximum Gasteiger partial charge on any atom is 0.160 e. The molecule has 3 heteroatoms. The molecule has 0 saturated heterocycles. The van der Waals surface area contributed by atoms with Crippen LogP contribution in [0, 0.1) is 0 Å². The molecular formula is C46H33N3. The molecule has 0 fully saturated rings. The summed E-state index contributed by atoms with van der Waals surface area (Å²) >= 11 is 0. The molecule has 1 aliphatic rings. The molecule has 9 rings (SSSR count). The lowest BCUT2D eigenvalue weighted by Crippen LogP contribution is -2.14. The number of hydrogen-bond donors (Lipinski definition) is 0. The molecule has 2 aromatic heterocycles. The van der Waals surface area contributed by atoms with Crippen LogP contribution in [-0.4, -0.2) is 15.0 Å². The van der Waals surface area contributed by atoms with E-state index in [0.29, 0.717) is 0 Å². The Balaban J connectivity index is 1.18. The lowest BCUT2D eigenvalue weighted by molar-refractivity contribution is 0.661. The molecule has 0 radical (unpaired) electrons. The van der Waals surface area contributed by atoms with E-state index in [0.717, 1.165) is 56.2 Å². The molecule has 0 unspecified atom stereocenters. The third-order valence-corrected chi connectivity index (χ3v) is 9.97. The maximum atomic E-state index is 5.25. The van der Waals surface area contributed by atoms with Crippen LogP contribution in [0.25, 0.3) is 78.1 Å². The Labute approximate surface area is 286 Å². The highest BCUT2D eigenvalue weighted by molar-refractivity contribution is 5.98. The van der Waals surface area contributed by atoms with E-state index in [1.165, 1.54) is 33.0 Å². The van der Waals surface area contributed by atoms with Crippen LogP contribution >= 0.6 is 0 Å². The second-order valence-corrected chi connectivity index (χ2v) is 13.3. The van der Waals surface area contributed by atoms with Gasteiger partial charge < -0.3 is 0 Å². The summed E-state index contributed by atoms with van der Waals surface area (Å²) in [5, 5.41) is 2.52. The van der Waals surface area contributed by atoms with Crippen molar-refractivity contribution in [2.45, 2.75) is 19.3 Å². The second kappa shape index (κ2) is 11.5. The number of rotatable bonds is 5. The van der Waals surface area contributed by atoms with Crippen LogP contribution in [-0.2, 0) is 5.41 Å². The summed E-state index contributed by atoms with van der Waals surface area (Å²) in [5.41, 5.74) is 14.7. The van der Waals surface area contributed by atoms with Crippen LogP contribution in [0.2, 0.25) is 0 Å². The summed E-state index contributed by atoms with van der Waals surface area (Å²) in [5.74, 6) is 0.718. The smallest absolute Gasteiger partial charge is 0.160 e.